The van der Waals surface area contributed by atoms with Gasteiger partial charge in [0.15, 0.2) is 9.84 Å². The molecular weight excluding hydrogens is 250 g/mol. The van der Waals surface area contributed by atoms with Gasteiger partial charge in [-0.2, -0.15) is 0 Å². The van der Waals surface area contributed by atoms with Crippen molar-refractivity contribution in [2.45, 2.75) is 25.3 Å². The lowest BCUT2D eigenvalue weighted by molar-refractivity contribution is 0.337. The summed E-state index contributed by atoms with van der Waals surface area (Å²) in [7, 11) is -3.06. The van der Waals surface area contributed by atoms with Crippen LogP contribution in [0.4, 0.5) is 0 Å². The Morgan fingerprint density at radius 1 is 1.44 bits per heavy atom. The minimum atomic E-state index is -3.06. The van der Waals surface area contributed by atoms with E-state index in [0.29, 0.717) is 13.0 Å². The fraction of sp³-hybridized carbons (Fsp3) is 0.538. The third kappa shape index (κ3) is 3.23. The number of ether oxygens (including phenoxy) is 1. The van der Waals surface area contributed by atoms with Crippen molar-refractivity contribution in [1.29, 1.82) is 0 Å². The van der Waals surface area contributed by atoms with Gasteiger partial charge in [0, 0.05) is 17.5 Å². The van der Waals surface area contributed by atoms with Gasteiger partial charge < -0.3 is 10.5 Å². The van der Waals surface area contributed by atoms with Crippen LogP contribution in [0.5, 0.6) is 5.75 Å². The summed E-state index contributed by atoms with van der Waals surface area (Å²) in [6.07, 6.45) is 0.511. The van der Waals surface area contributed by atoms with Gasteiger partial charge in [-0.1, -0.05) is 18.2 Å². The predicted octanol–water partition coefficient (Wildman–Crippen LogP) is 1.31. The van der Waals surface area contributed by atoms with Crippen LogP contribution >= 0.6 is 0 Å². The molecule has 0 spiro atoms. The monoisotopic (exact) mass is 269 g/mol. The lowest BCUT2D eigenvalue weighted by Crippen LogP contribution is -2.24. The van der Waals surface area contributed by atoms with Crippen LogP contribution in [-0.4, -0.2) is 32.6 Å². The molecule has 0 aromatic heterocycles. The summed E-state index contributed by atoms with van der Waals surface area (Å²) in [5.41, 5.74) is 6.60. The quantitative estimate of drug-likeness (QED) is 0.875. The Kier molecular flexibility index (Phi) is 3.92. The molecular formula is C13H19NO3S. The molecule has 2 unspecified atom stereocenters. The Balaban J connectivity index is 2.03. The molecule has 0 amide bonds. The second kappa shape index (κ2) is 5.28. The minimum absolute atomic E-state index is 0.0423. The maximum absolute atomic E-state index is 12.0. The molecule has 1 aliphatic rings. The van der Waals surface area contributed by atoms with Crippen LogP contribution in [0, 0.1) is 0 Å². The first-order valence-electron chi connectivity index (χ1n) is 6.15. The molecule has 1 heterocycles. The summed E-state index contributed by atoms with van der Waals surface area (Å²) < 4.78 is 29.5. The van der Waals surface area contributed by atoms with Gasteiger partial charge in [-0.15, -0.1) is 0 Å². The van der Waals surface area contributed by atoms with E-state index in [-0.39, 0.29) is 23.5 Å². The SMILES string of the molecule is CC(N)CCS(=O)(=O)CC1COc2ccccc21. The number of hydrogen-bond donors (Lipinski definition) is 1. The predicted molar refractivity (Wildman–Crippen MR) is 71.6 cm³/mol. The summed E-state index contributed by atoms with van der Waals surface area (Å²) in [5.74, 6) is 1.07. The topological polar surface area (TPSA) is 69.4 Å². The number of benzene rings is 1. The molecule has 0 saturated heterocycles. The highest BCUT2D eigenvalue weighted by Gasteiger charge is 2.28. The first-order valence-corrected chi connectivity index (χ1v) is 7.98. The van der Waals surface area contributed by atoms with E-state index in [4.69, 9.17) is 10.5 Å². The van der Waals surface area contributed by atoms with Crippen molar-refractivity contribution in [1.82, 2.24) is 0 Å². The minimum Gasteiger partial charge on any atom is -0.493 e. The maximum atomic E-state index is 12.0. The van der Waals surface area contributed by atoms with E-state index < -0.39 is 9.84 Å². The summed E-state index contributed by atoms with van der Waals surface area (Å²) in [6, 6.07) is 7.55. The van der Waals surface area contributed by atoms with E-state index in [1.807, 2.05) is 31.2 Å². The number of nitrogens with two attached hydrogens (primary N) is 1. The van der Waals surface area contributed by atoms with Crippen LogP contribution in [0.2, 0.25) is 0 Å². The summed E-state index contributed by atoms with van der Waals surface area (Å²) in [6.45, 7) is 2.28. The smallest absolute Gasteiger partial charge is 0.151 e. The van der Waals surface area contributed by atoms with Crippen LogP contribution in [0.3, 0.4) is 0 Å². The van der Waals surface area contributed by atoms with Crippen molar-refractivity contribution in [3.63, 3.8) is 0 Å². The van der Waals surface area contributed by atoms with Crippen LogP contribution in [0.25, 0.3) is 0 Å². The number of para-hydroxylation sites is 1. The molecule has 1 aromatic rings. The van der Waals surface area contributed by atoms with E-state index in [2.05, 4.69) is 0 Å². The molecule has 0 radical (unpaired) electrons. The molecule has 2 rings (SSSR count). The average Bonchev–Trinajstić information content (AvgIpc) is 2.70. The second-order valence-electron chi connectivity index (χ2n) is 4.93. The Hall–Kier alpha value is -1.07. The lowest BCUT2D eigenvalue weighted by atomic mass is 10.0. The zero-order valence-corrected chi connectivity index (χ0v) is 11.3. The molecule has 5 heteroatoms. The van der Waals surface area contributed by atoms with Gasteiger partial charge in [0.2, 0.25) is 0 Å². The highest BCUT2D eigenvalue weighted by atomic mass is 32.2. The lowest BCUT2D eigenvalue weighted by Gasteiger charge is -2.11. The van der Waals surface area contributed by atoms with E-state index >= 15 is 0 Å². The largest absolute Gasteiger partial charge is 0.493 e. The fourth-order valence-electron chi connectivity index (χ4n) is 2.12. The molecule has 0 fully saturated rings. The Morgan fingerprint density at radius 2 is 2.17 bits per heavy atom. The highest BCUT2D eigenvalue weighted by Crippen LogP contribution is 2.34. The van der Waals surface area contributed by atoms with Gasteiger partial charge in [0.25, 0.3) is 0 Å². The van der Waals surface area contributed by atoms with Gasteiger partial charge >= 0.3 is 0 Å². The molecule has 2 N–H and O–H groups in total. The van der Waals surface area contributed by atoms with Crippen molar-refractivity contribution < 1.29 is 13.2 Å². The van der Waals surface area contributed by atoms with E-state index in [9.17, 15) is 8.42 Å². The first kappa shape index (κ1) is 13.4. The zero-order chi connectivity index (χ0) is 13.2. The summed E-state index contributed by atoms with van der Waals surface area (Å²) in [4.78, 5) is 0. The van der Waals surface area contributed by atoms with Crippen molar-refractivity contribution in [3.05, 3.63) is 29.8 Å². The molecule has 1 aromatic carbocycles. The maximum Gasteiger partial charge on any atom is 0.151 e. The number of rotatable bonds is 5. The van der Waals surface area contributed by atoms with Crippen LogP contribution in [0.1, 0.15) is 24.8 Å². The van der Waals surface area contributed by atoms with Gasteiger partial charge in [0.05, 0.1) is 18.1 Å². The zero-order valence-electron chi connectivity index (χ0n) is 10.5. The van der Waals surface area contributed by atoms with Gasteiger partial charge in [-0.25, -0.2) is 8.42 Å². The highest BCUT2D eigenvalue weighted by molar-refractivity contribution is 7.91. The van der Waals surface area contributed by atoms with E-state index in [1.165, 1.54) is 0 Å². The first-order chi connectivity index (χ1) is 8.48. The Bertz CT molecular complexity index is 511. The van der Waals surface area contributed by atoms with Crippen molar-refractivity contribution in [3.8, 4) is 5.75 Å². The molecule has 1 aliphatic heterocycles. The van der Waals surface area contributed by atoms with Crippen LogP contribution in [0.15, 0.2) is 24.3 Å². The molecule has 18 heavy (non-hydrogen) atoms. The number of sulfone groups is 1. The van der Waals surface area contributed by atoms with Crippen LogP contribution in [-0.2, 0) is 9.84 Å². The van der Waals surface area contributed by atoms with Crippen LogP contribution < -0.4 is 10.5 Å². The second-order valence-corrected chi connectivity index (χ2v) is 7.15. The fourth-order valence-corrected chi connectivity index (χ4v) is 3.91. The Labute approximate surface area is 108 Å². The molecule has 0 saturated carbocycles. The summed E-state index contributed by atoms with van der Waals surface area (Å²) in [5, 5.41) is 0. The number of fused-ring (bicyclic) bond motifs is 1. The van der Waals surface area contributed by atoms with E-state index in [1.54, 1.807) is 0 Å². The summed E-state index contributed by atoms with van der Waals surface area (Å²) >= 11 is 0. The standard InChI is InChI=1S/C13H19NO3S/c1-10(14)6-7-18(15,16)9-11-8-17-13-5-3-2-4-12(11)13/h2-5,10-11H,6-9,14H2,1H3. The molecule has 0 aliphatic carbocycles. The third-order valence-electron chi connectivity index (χ3n) is 3.14. The van der Waals surface area contributed by atoms with Crippen molar-refractivity contribution >= 4 is 9.84 Å². The van der Waals surface area contributed by atoms with Gasteiger partial charge in [-0.05, 0) is 19.4 Å². The molecule has 0 bridgehead atoms. The average molecular weight is 269 g/mol. The van der Waals surface area contributed by atoms with E-state index in [0.717, 1.165) is 11.3 Å². The molecule has 4 nitrogen and oxygen atoms in total. The van der Waals surface area contributed by atoms with Gasteiger partial charge in [-0.3, -0.25) is 0 Å². The molecule has 100 valence electrons. The normalized spacial score (nSPS) is 20.2. The van der Waals surface area contributed by atoms with Crippen molar-refractivity contribution in [2.24, 2.45) is 5.73 Å². The Morgan fingerprint density at radius 3 is 2.89 bits per heavy atom. The van der Waals surface area contributed by atoms with Gasteiger partial charge in [0.1, 0.15) is 5.75 Å². The van der Waals surface area contributed by atoms with Crippen molar-refractivity contribution in [2.75, 3.05) is 18.1 Å². The third-order valence-corrected chi connectivity index (χ3v) is 4.91. The molecule has 2 atom stereocenters. The number of hydrogen-bond acceptors (Lipinski definition) is 4.